The van der Waals surface area contributed by atoms with Crippen LogP contribution in [0.2, 0.25) is 9.38 Å². The van der Waals surface area contributed by atoms with Crippen molar-refractivity contribution in [3.05, 3.63) is 0 Å². The van der Waals surface area contributed by atoms with Crippen molar-refractivity contribution in [1.82, 2.24) is 5.32 Å². The van der Waals surface area contributed by atoms with E-state index in [1.54, 1.807) is 4.44 Å². The summed E-state index contributed by atoms with van der Waals surface area (Å²) < 4.78 is 1.55. The smallest absolute Gasteiger partial charge is 0.396 e. The van der Waals surface area contributed by atoms with E-state index in [4.69, 9.17) is 5.11 Å². The van der Waals surface area contributed by atoms with Crippen molar-refractivity contribution in [2.45, 2.75) is 60.7 Å². The van der Waals surface area contributed by atoms with E-state index in [1.165, 1.54) is 58.0 Å². The van der Waals surface area contributed by atoms with E-state index in [0.29, 0.717) is 6.61 Å². The van der Waals surface area contributed by atoms with Crippen LogP contribution < -0.4 is 5.32 Å². The zero-order valence-electron chi connectivity index (χ0n) is 10.9. The first-order valence-corrected chi connectivity index (χ1v) is 11.7. The molecule has 2 radical (unpaired) electrons. The molecule has 2 N–H and O–H groups in total. The van der Waals surface area contributed by atoms with Crippen LogP contribution in [0.3, 0.4) is 0 Å². The molecular formula is C13H29NOSn. The minimum atomic E-state index is 0.0825. The summed E-state index contributed by atoms with van der Waals surface area (Å²) in [6.07, 6.45) is 10.3. The van der Waals surface area contributed by atoms with Gasteiger partial charge in [0, 0.05) is 6.61 Å². The van der Waals surface area contributed by atoms with E-state index in [-0.39, 0.29) is 21.1 Å². The van der Waals surface area contributed by atoms with Crippen molar-refractivity contribution < 1.29 is 5.11 Å². The number of nitrogens with one attached hydrogen (secondary N) is 1. The first-order chi connectivity index (χ1) is 7.91. The molecule has 3 heteroatoms. The van der Waals surface area contributed by atoms with Crippen molar-refractivity contribution in [3.63, 3.8) is 0 Å². The Morgan fingerprint density at radius 3 is 2.00 bits per heavy atom. The van der Waals surface area contributed by atoms with Gasteiger partial charge in [0.05, 0.1) is 0 Å². The van der Waals surface area contributed by atoms with Crippen LogP contribution in [0.5, 0.6) is 0 Å². The van der Waals surface area contributed by atoms with Gasteiger partial charge in [-0.3, -0.25) is 0 Å². The van der Waals surface area contributed by atoms with Gasteiger partial charge in [-0.15, -0.1) is 0 Å². The van der Waals surface area contributed by atoms with E-state index < -0.39 is 0 Å². The second kappa shape index (κ2) is 15.7. The molecule has 0 aromatic heterocycles. The van der Waals surface area contributed by atoms with Crippen LogP contribution in [-0.2, 0) is 0 Å². The van der Waals surface area contributed by atoms with Crippen molar-refractivity contribution in [1.29, 1.82) is 0 Å². The van der Waals surface area contributed by atoms with E-state index in [1.807, 2.05) is 0 Å². The zero-order chi connectivity index (χ0) is 11.9. The van der Waals surface area contributed by atoms with Gasteiger partial charge in [0.2, 0.25) is 0 Å². The zero-order valence-corrected chi connectivity index (χ0v) is 13.8. The fourth-order valence-corrected chi connectivity index (χ4v) is 3.47. The van der Waals surface area contributed by atoms with Crippen molar-refractivity contribution in [2.75, 3.05) is 19.7 Å². The van der Waals surface area contributed by atoms with Crippen LogP contribution >= 0.6 is 0 Å². The van der Waals surface area contributed by atoms with E-state index in [2.05, 4.69) is 10.3 Å². The minimum Gasteiger partial charge on any atom is -0.396 e. The molecule has 0 aliphatic carbocycles. The third-order valence-corrected chi connectivity index (χ3v) is 5.23. The Hall–Kier alpha value is 0.719. The van der Waals surface area contributed by atoms with Gasteiger partial charge in [0.25, 0.3) is 0 Å². The Bertz CT molecular complexity index is 109. The molecule has 0 saturated carbocycles. The van der Waals surface area contributed by atoms with Crippen molar-refractivity contribution >= 4 is 21.1 Å². The summed E-state index contributed by atoms with van der Waals surface area (Å²) in [7, 11) is 0. The summed E-state index contributed by atoms with van der Waals surface area (Å²) in [5.74, 6) is 0. The van der Waals surface area contributed by atoms with Gasteiger partial charge >= 0.3 is 100 Å². The summed E-state index contributed by atoms with van der Waals surface area (Å²) in [6.45, 7) is 2.79. The molecule has 0 rings (SSSR count). The molecule has 0 saturated heterocycles. The monoisotopic (exact) mass is 335 g/mol. The third kappa shape index (κ3) is 14.7. The molecule has 0 aromatic rings. The number of aliphatic hydroxyl groups is 1. The average Bonchev–Trinajstić information content (AvgIpc) is 2.31. The molecule has 0 atom stereocenters. The molecule has 0 aliphatic heterocycles. The van der Waals surface area contributed by atoms with Crippen LogP contribution in [0.15, 0.2) is 0 Å². The summed E-state index contributed by atoms with van der Waals surface area (Å²) in [4.78, 5) is 2.42. The minimum absolute atomic E-state index is 0.0825. The van der Waals surface area contributed by atoms with Gasteiger partial charge < -0.3 is 5.11 Å². The first-order valence-electron chi connectivity index (χ1n) is 6.88. The Balaban J connectivity index is 2.83. The quantitative estimate of drug-likeness (QED) is 0.401. The molecule has 0 fully saturated rings. The first kappa shape index (κ1) is 16.7. The summed E-state index contributed by atoms with van der Waals surface area (Å²) in [5, 5.41) is 12.1. The van der Waals surface area contributed by atoms with Crippen LogP contribution in [0.1, 0.15) is 51.4 Å². The van der Waals surface area contributed by atoms with E-state index in [9.17, 15) is 0 Å². The molecule has 2 nitrogen and oxygen atoms in total. The van der Waals surface area contributed by atoms with E-state index >= 15 is 0 Å². The summed E-state index contributed by atoms with van der Waals surface area (Å²) >= 11 is 0.0825. The Morgan fingerprint density at radius 2 is 1.38 bits per heavy atom. The second-order valence-corrected chi connectivity index (χ2v) is 7.85. The second-order valence-electron chi connectivity index (χ2n) is 4.41. The molecule has 96 valence electrons. The molecule has 16 heavy (non-hydrogen) atoms. The van der Waals surface area contributed by atoms with Crippen molar-refractivity contribution in [3.8, 4) is 0 Å². The Labute approximate surface area is 112 Å². The molecule has 0 heterocycles. The summed E-state index contributed by atoms with van der Waals surface area (Å²) in [5.41, 5.74) is 0. The fourth-order valence-electron chi connectivity index (χ4n) is 1.75. The standard InChI is InChI=1S/C12H26NO.CH3.Sn/c1-2-3-10-13-11-8-6-4-5-7-9-12-14;;/h13-14H,1-12H2;1H3;. The Kier molecular flexibility index (Phi) is 16.4. The molecular weight excluding hydrogens is 305 g/mol. The van der Waals surface area contributed by atoms with Crippen LogP contribution in [-0.4, -0.2) is 45.9 Å². The SMILES string of the molecule is [CH3][Sn][CH2]CCCNCCCCCCCCO. The number of rotatable bonds is 13. The van der Waals surface area contributed by atoms with Gasteiger partial charge in [-0.2, -0.15) is 0 Å². The molecule has 0 unspecified atom stereocenters. The third-order valence-electron chi connectivity index (χ3n) is 2.79. The Morgan fingerprint density at radius 1 is 0.812 bits per heavy atom. The van der Waals surface area contributed by atoms with Crippen LogP contribution in [0, 0.1) is 0 Å². The number of hydrogen-bond acceptors (Lipinski definition) is 2. The van der Waals surface area contributed by atoms with Crippen LogP contribution in [0.25, 0.3) is 0 Å². The predicted molar refractivity (Wildman–Crippen MR) is 73.3 cm³/mol. The molecule has 0 aromatic carbocycles. The fraction of sp³-hybridized carbons (Fsp3) is 1.00. The topological polar surface area (TPSA) is 32.3 Å². The predicted octanol–water partition coefficient (Wildman–Crippen LogP) is 2.86. The van der Waals surface area contributed by atoms with Gasteiger partial charge in [0.1, 0.15) is 0 Å². The van der Waals surface area contributed by atoms with E-state index in [0.717, 1.165) is 6.42 Å². The number of hydrogen-bond donors (Lipinski definition) is 2. The van der Waals surface area contributed by atoms with Crippen LogP contribution in [0.4, 0.5) is 0 Å². The summed E-state index contributed by atoms with van der Waals surface area (Å²) in [6, 6.07) is 0. The normalized spacial score (nSPS) is 10.9. The molecule has 0 spiro atoms. The number of unbranched alkanes of at least 4 members (excludes halogenated alkanes) is 6. The molecule has 0 aliphatic rings. The maximum atomic E-state index is 8.62. The van der Waals surface area contributed by atoms with Gasteiger partial charge in [0.15, 0.2) is 0 Å². The van der Waals surface area contributed by atoms with Gasteiger partial charge in [-0.25, -0.2) is 0 Å². The van der Waals surface area contributed by atoms with Crippen molar-refractivity contribution in [2.24, 2.45) is 0 Å². The van der Waals surface area contributed by atoms with Gasteiger partial charge in [-0.05, 0) is 0 Å². The average molecular weight is 334 g/mol. The van der Waals surface area contributed by atoms with Gasteiger partial charge in [-0.1, -0.05) is 0 Å². The molecule has 0 bridgehead atoms. The molecule has 0 amide bonds. The maximum absolute atomic E-state index is 8.62. The number of aliphatic hydroxyl groups excluding tert-OH is 1.